The molecule has 0 N–H and O–H groups in total. The van der Waals surface area contributed by atoms with Crippen molar-refractivity contribution in [3.63, 3.8) is 0 Å². The van der Waals surface area contributed by atoms with Crippen LogP contribution >= 0.6 is 0 Å². The summed E-state index contributed by atoms with van der Waals surface area (Å²) < 4.78 is 29.0. The van der Waals surface area contributed by atoms with E-state index in [1.165, 1.54) is 0 Å². The molecule has 2 aromatic heterocycles. The molecule has 10 rings (SSSR count). The summed E-state index contributed by atoms with van der Waals surface area (Å²) in [7, 11) is 0. The highest BCUT2D eigenvalue weighted by Crippen LogP contribution is 2.42. The smallest absolute Gasteiger partial charge is 0.319 e. The maximum atomic E-state index is 17.1. The van der Waals surface area contributed by atoms with Gasteiger partial charge < -0.3 is 19.3 Å². The van der Waals surface area contributed by atoms with Gasteiger partial charge in [-0.2, -0.15) is 9.97 Å². The van der Waals surface area contributed by atoms with Crippen LogP contribution in [0.25, 0.3) is 32.9 Å². The van der Waals surface area contributed by atoms with Crippen molar-refractivity contribution in [1.82, 2.24) is 24.8 Å². The van der Waals surface area contributed by atoms with Crippen LogP contribution in [0.2, 0.25) is 0 Å². The van der Waals surface area contributed by atoms with Gasteiger partial charge in [-0.15, -0.1) is 6.42 Å². The molecule has 2 aromatic carbocycles. The van der Waals surface area contributed by atoms with Gasteiger partial charge in [-0.1, -0.05) is 50.1 Å². The Bertz CT molecular complexity index is 2130. The number of benzene rings is 2. The molecule has 0 spiro atoms. The predicted molar refractivity (Wildman–Crippen MR) is 195 cm³/mol. The number of esters is 1. The van der Waals surface area contributed by atoms with Crippen LogP contribution in [0, 0.1) is 30.0 Å². The Hall–Kier alpha value is -4.82. The lowest BCUT2D eigenvalue weighted by Gasteiger charge is -2.47. The average Bonchev–Trinajstić information content (AvgIpc) is 3.58. The second kappa shape index (κ2) is 12.7. The van der Waals surface area contributed by atoms with Gasteiger partial charge in [-0.25, -0.2) is 4.39 Å². The van der Waals surface area contributed by atoms with Gasteiger partial charge in [0.05, 0.1) is 10.9 Å². The largest absolute Gasteiger partial charge is 0.461 e. The van der Waals surface area contributed by atoms with E-state index < -0.39 is 17.8 Å². The van der Waals surface area contributed by atoms with E-state index in [0.717, 1.165) is 68.8 Å². The van der Waals surface area contributed by atoms with Gasteiger partial charge in [0.25, 0.3) is 5.91 Å². The van der Waals surface area contributed by atoms with Crippen molar-refractivity contribution >= 4 is 39.4 Å². The van der Waals surface area contributed by atoms with Crippen molar-refractivity contribution in [3.8, 4) is 29.6 Å². The minimum absolute atomic E-state index is 0.0149. The number of hydrogen-bond donors (Lipinski definition) is 0. The van der Waals surface area contributed by atoms with Gasteiger partial charge >= 0.3 is 12.0 Å². The fourth-order valence-electron chi connectivity index (χ4n) is 9.69. The lowest BCUT2D eigenvalue weighted by molar-refractivity contribution is -0.197. The van der Waals surface area contributed by atoms with Crippen LogP contribution in [0.5, 0.6) is 6.01 Å². The van der Waals surface area contributed by atoms with E-state index in [9.17, 15) is 9.59 Å². The van der Waals surface area contributed by atoms with Crippen molar-refractivity contribution in [3.05, 3.63) is 54.0 Å². The number of rotatable bonds is 7. The molecule has 1 amide bonds. The van der Waals surface area contributed by atoms with Gasteiger partial charge in [0.1, 0.15) is 29.6 Å². The summed E-state index contributed by atoms with van der Waals surface area (Å²) in [5, 5.41) is 2.15. The van der Waals surface area contributed by atoms with Crippen LogP contribution in [0.1, 0.15) is 64.4 Å². The lowest BCUT2D eigenvalue weighted by atomic mass is 9.85. The van der Waals surface area contributed by atoms with Gasteiger partial charge in [-0.3, -0.25) is 19.5 Å². The van der Waals surface area contributed by atoms with Crippen molar-refractivity contribution in [1.29, 1.82) is 0 Å². The lowest BCUT2D eigenvalue weighted by Crippen LogP contribution is -2.64. The second-order valence-electron chi connectivity index (χ2n) is 15.6. The van der Waals surface area contributed by atoms with Crippen molar-refractivity contribution < 1.29 is 23.5 Å². The number of aromatic nitrogens is 3. The third-order valence-corrected chi connectivity index (χ3v) is 12.4. The van der Waals surface area contributed by atoms with Gasteiger partial charge in [0.15, 0.2) is 11.9 Å². The Morgan fingerprint density at radius 3 is 2.60 bits per heavy atom. The summed E-state index contributed by atoms with van der Waals surface area (Å²) in [6.07, 6.45) is 13.8. The van der Waals surface area contributed by atoms with Gasteiger partial charge in [0.2, 0.25) is 0 Å². The second-order valence-corrected chi connectivity index (χ2v) is 15.6. The molecule has 0 aliphatic carbocycles. The summed E-state index contributed by atoms with van der Waals surface area (Å²) in [4.78, 5) is 47.3. The summed E-state index contributed by atoms with van der Waals surface area (Å²) in [5.41, 5.74) is 1.52. The Morgan fingerprint density at radius 2 is 1.85 bits per heavy atom. The topological polar surface area (TPSA) is 101 Å². The highest BCUT2D eigenvalue weighted by Gasteiger charge is 2.53. The summed E-state index contributed by atoms with van der Waals surface area (Å²) >= 11 is 0. The van der Waals surface area contributed by atoms with Gasteiger partial charge in [-0.05, 0) is 75.4 Å². The molecule has 0 radical (unpaired) electrons. The maximum Gasteiger partial charge on any atom is 0.319 e. The number of hydrogen-bond acceptors (Lipinski definition) is 9. The van der Waals surface area contributed by atoms with E-state index in [0.29, 0.717) is 42.0 Å². The molecule has 6 fully saturated rings. The third-order valence-electron chi connectivity index (χ3n) is 12.4. The fourth-order valence-corrected chi connectivity index (χ4v) is 9.69. The zero-order valence-corrected chi connectivity index (χ0v) is 29.7. The molecule has 4 aromatic rings. The molecule has 6 aliphatic rings. The standard InChI is InChI=1S/C41H43FN6O4/c1-4-25-10-5-11-26-12-6-15-29(32(25)26)34-33(42)35-30(20-43-34)37(45-40(44-35)51-23-41-16-8-18-46(41)19-9-17-41)47-21-28-14-7-13-27(47)22-48(28)38(49)36-31(24(2)3)39(50)52-36/h1,5-6,10-12,15,20,24,27-28,31,36H,7-9,13-14,16-19,21-23H2,2-3H3/t27?,28-,31+,36-/m1/s1. The Kier molecular flexibility index (Phi) is 8.07. The van der Waals surface area contributed by atoms with E-state index in [4.69, 9.17) is 30.8 Å². The molecule has 6 saturated heterocycles. The Morgan fingerprint density at radius 1 is 1.08 bits per heavy atom. The SMILES string of the molecule is C#Cc1cccc2cccc(-c3ncc4c(N5C[C@H]6CCCC5CN6C(=O)[C@@H]5OC(=O)[C@H]5C(C)C)nc(OCC56CCCN5CCC6)nc4c3F)c12. The zero-order valence-electron chi connectivity index (χ0n) is 29.7. The van der Waals surface area contributed by atoms with Crippen LogP contribution in [0.4, 0.5) is 10.2 Å². The Labute approximate surface area is 302 Å². The van der Waals surface area contributed by atoms with Gasteiger partial charge in [0, 0.05) is 47.9 Å². The quantitative estimate of drug-likeness (QED) is 0.176. The number of terminal acetylenes is 1. The first-order chi connectivity index (χ1) is 25.3. The number of carbonyl (C=O) groups excluding carboxylic acids is 2. The fraction of sp³-hybridized carbons (Fsp3) is 0.488. The minimum atomic E-state index is -0.744. The molecule has 4 atom stereocenters. The van der Waals surface area contributed by atoms with Crippen LogP contribution in [0.15, 0.2) is 42.6 Å². The normalized spacial score (nSPS) is 25.2. The van der Waals surface area contributed by atoms with E-state index in [-0.39, 0.29) is 52.6 Å². The van der Waals surface area contributed by atoms with E-state index in [1.54, 1.807) is 6.20 Å². The number of cyclic esters (lactones) is 1. The molecule has 6 aliphatic heterocycles. The number of pyridine rings is 1. The number of carbonyl (C=O) groups is 2. The molecule has 8 heterocycles. The predicted octanol–water partition coefficient (Wildman–Crippen LogP) is 5.74. The first kappa shape index (κ1) is 33.0. The third kappa shape index (κ3) is 5.20. The highest BCUT2D eigenvalue weighted by molar-refractivity contribution is 6.02. The molecule has 2 bridgehead atoms. The first-order valence-electron chi connectivity index (χ1n) is 18.8. The maximum absolute atomic E-state index is 17.1. The highest BCUT2D eigenvalue weighted by atomic mass is 19.1. The number of anilines is 1. The Balaban J connectivity index is 1.12. The van der Waals surface area contributed by atoms with Crippen LogP contribution in [-0.4, -0.2) is 93.1 Å². The number of ether oxygens (including phenoxy) is 2. The molecule has 1 unspecified atom stereocenters. The van der Waals surface area contributed by atoms with Crippen molar-refractivity contribution in [2.45, 2.75) is 82.5 Å². The molecule has 11 heteroatoms. The van der Waals surface area contributed by atoms with Crippen molar-refractivity contribution in [2.75, 3.05) is 37.7 Å². The first-order valence-corrected chi connectivity index (χ1v) is 18.8. The molecule has 0 saturated carbocycles. The molecule has 52 heavy (non-hydrogen) atoms. The minimum Gasteiger partial charge on any atom is -0.461 e. The summed E-state index contributed by atoms with van der Waals surface area (Å²) in [5.74, 6) is 1.92. The van der Waals surface area contributed by atoms with Crippen molar-refractivity contribution in [2.24, 2.45) is 11.8 Å². The number of halogens is 1. The van der Waals surface area contributed by atoms with E-state index in [2.05, 4.69) is 15.7 Å². The summed E-state index contributed by atoms with van der Waals surface area (Å²) in [6.45, 7) is 7.43. The summed E-state index contributed by atoms with van der Waals surface area (Å²) in [6, 6.07) is 11.3. The molecular weight excluding hydrogens is 659 g/mol. The van der Waals surface area contributed by atoms with E-state index >= 15 is 4.39 Å². The van der Waals surface area contributed by atoms with Crippen LogP contribution in [-0.2, 0) is 14.3 Å². The van der Waals surface area contributed by atoms with Crippen LogP contribution in [0.3, 0.4) is 0 Å². The molecule has 268 valence electrons. The average molecular weight is 703 g/mol. The molecular formula is C41H43FN6O4. The van der Waals surface area contributed by atoms with E-state index in [1.807, 2.05) is 55.1 Å². The van der Waals surface area contributed by atoms with Crippen LogP contribution < -0.4 is 9.64 Å². The number of piperazine rings is 1. The number of amides is 1. The zero-order chi connectivity index (χ0) is 35.7. The monoisotopic (exact) mass is 702 g/mol. The number of fused-ring (bicyclic) bond motifs is 7. The molecule has 10 nitrogen and oxygen atoms in total. The number of nitrogens with zero attached hydrogens (tertiary/aromatic N) is 6.